The van der Waals surface area contributed by atoms with Crippen molar-refractivity contribution in [1.29, 1.82) is 5.26 Å². The number of benzene rings is 2. The van der Waals surface area contributed by atoms with Crippen LogP contribution in [0.1, 0.15) is 23.6 Å². The molecule has 0 aromatic heterocycles. The number of carbonyl (C=O) groups is 3. The molecule has 0 aliphatic carbocycles. The van der Waals surface area contributed by atoms with Crippen LogP contribution in [0, 0.1) is 17.1 Å². The molecule has 3 rings (SSSR count). The number of nitrogens with one attached hydrogen (secondary N) is 1. The zero-order valence-corrected chi connectivity index (χ0v) is 16.0. The first-order valence-electron chi connectivity index (χ1n) is 8.88. The van der Waals surface area contributed by atoms with Crippen LogP contribution in [0.5, 0.6) is 0 Å². The number of rotatable bonds is 5. The van der Waals surface area contributed by atoms with E-state index >= 15 is 0 Å². The number of imide groups is 1. The fourth-order valence-corrected chi connectivity index (χ4v) is 3.12. The Kier molecular flexibility index (Phi) is 5.33. The highest BCUT2D eigenvalue weighted by Crippen LogP contribution is 2.29. The second kappa shape index (κ2) is 7.72. The number of halogens is 1. The van der Waals surface area contributed by atoms with Gasteiger partial charge in [-0.1, -0.05) is 24.3 Å². The molecule has 4 amide bonds. The largest absolute Gasteiger partial charge is 0.340 e. The normalized spacial score (nSPS) is 18.3. The van der Waals surface area contributed by atoms with Gasteiger partial charge >= 0.3 is 6.03 Å². The first kappa shape index (κ1) is 20.0. The summed E-state index contributed by atoms with van der Waals surface area (Å²) in [4.78, 5) is 40.1. The molecule has 29 heavy (non-hydrogen) atoms. The van der Waals surface area contributed by atoms with E-state index in [1.54, 1.807) is 50.4 Å². The smallest absolute Gasteiger partial charge is 0.325 e. The number of nitrogens with zero attached hydrogens (tertiary/aromatic N) is 3. The average molecular weight is 394 g/mol. The second-order valence-electron chi connectivity index (χ2n) is 7.01. The summed E-state index contributed by atoms with van der Waals surface area (Å²) in [6, 6.07) is 13.4. The molecular formula is C21H19FN4O3. The highest BCUT2D eigenvalue weighted by atomic mass is 19.1. The molecule has 1 N–H and O–H groups in total. The quantitative estimate of drug-likeness (QED) is 0.786. The van der Waals surface area contributed by atoms with Crippen molar-refractivity contribution >= 4 is 17.8 Å². The summed E-state index contributed by atoms with van der Waals surface area (Å²) in [5.74, 6) is -1.35. The number of urea groups is 1. The maximum atomic E-state index is 13.0. The summed E-state index contributed by atoms with van der Waals surface area (Å²) < 4.78 is 13.0. The standard InChI is InChI=1S/C21H19FN4O3/c1-21(16-7-3-14(11-23)4-8-16)19(28)26(20(29)24-21)13-18(27)25(2)12-15-5-9-17(22)10-6-15/h3-10H,12-13H2,1-2H3,(H,24,29). The maximum Gasteiger partial charge on any atom is 0.325 e. The van der Waals surface area contributed by atoms with E-state index in [0.29, 0.717) is 11.1 Å². The van der Waals surface area contributed by atoms with E-state index in [2.05, 4.69) is 5.32 Å². The lowest BCUT2D eigenvalue weighted by molar-refractivity contribution is -0.138. The third-order valence-corrected chi connectivity index (χ3v) is 4.92. The molecule has 0 saturated carbocycles. The summed E-state index contributed by atoms with van der Waals surface area (Å²) in [5, 5.41) is 11.5. The van der Waals surface area contributed by atoms with Crippen molar-refractivity contribution in [1.82, 2.24) is 15.1 Å². The first-order chi connectivity index (χ1) is 13.7. The van der Waals surface area contributed by atoms with Crippen LogP contribution < -0.4 is 5.32 Å². The van der Waals surface area contributed by atoms with Gasteiger partial charge in [-0.3, -0.25) is 14.5 Å². The van der Waals surface area contributed by atoms with Crippen LogP contribution in [0.15, 0.2) is 48.5 Å². The SMILES string of the molecule is CN(Cc1ccc(F)cc1)C(=O)CN1C(=O)NC(C)(c2ccc(C#N)cc2)C1=O. The number of nitriles is 1. The fourth-order valence-electron chi connectivity index (χ4n) is 3.12. The topological polar surface area (TPSA) is 93.5 Å². The van der Waals surface area contributed by atoms with E-state index in [1.807, 2.05) is 6.07 Å². The minimum Gasteiger partial charge on any atom is -0.340 e. The van der Waals surface area contributed by atoms with Crippen molar-refractivity contribution in [3.8, 4) is 6.07 Å². The zero-order chi connectivity index (χ0) is 21.2. The Labute approximate surface area is 167 Å². The van der Waals surface area contributed by atoms with Crippen LogP contribution in [0.4, 0.5) is 9.18 Å². The Balaban J connectivity index is 1.71. The molecule has 1 aliphatic heterocycles. The molecule has 1 heterocycles. The van der Waals surface area contributed by atoms with E-state index in [1.165, 1.54) is 17.0 Å². The van der Waals surface area contributed by atoms with Crippen LogP contribution in [0.25, 0.3) is 0 Å². The van der Waals surface area contributed by atoms with Crippen LogP contribution >= 0.6 is 0 Å². The fraction of sp³-hybridized carbons (Fsp3) is 0.238. The third-order valence-electron chi connectivity index (χ3n) is 4.92. The highest BCUT2D eigenvalue weighted by molar-refractivity contribution is 6.09. The predicted molar refractivity (Wildman–Crippen MR) is 102 cm³/mol. The van der Waals surface area contributed by atoms with Crippen molar-refractivity contribution in [2.24, 2.45) is 0 Å². The monoisotopic (exact) mass is 394 g/mol. The lowest BCUT2D eigenvalue weighted by Gasteiger charge is -2.23. The molecule has 8 heteroatoms. The van der Waals surface area contributed by atoms with Crippen LogP contribution in [0.3, 0.4) is 0 Å². The Bertz CT molecular complexity index is 998. The molecule has 148 valence electrons. The van der Waals surface area contributed by atoms with Gasteiger partial charge in [0.25, 0.3) is 5.91 Å². The number of likely N-dealkylation sites (N-methyl/N-ethyl adjacent to an activating group) is 1. The number of hydrogen-bond donors (Lipinski definition) is 1. The van der Waals surface area contributed by atoms with Gasteiger partial charge in [0, 0.05) is 13.6 Å². The summed E-state index contributed by atoms with van der Waals surface area (Å²) in [5.41, 5.74) is 0.357. The third kappa shape index (κ3) is 3.94. The summed E-state index contributed by atoms with van der Waals surface area (Å²) in [6.07, 6.45) is 0. The Morgan fingerprint density at radius 3 is 2.38 bits per heavy atom. The molecule has 0 radical (unpaired) electrons. The zero-order valence-electron chi connectivity index (χ0n) is 16.0. The summed E-state index contributed by atoms with van der Waals surface area (Å²) >= 11 is 0. The molecule has 1 atom stereocenters. The van der Waals surface area contributed by atoms with Gasteiger partial charge < -0.3 is 10.2 Å². The molecule has 1 fully saturated rings. The van der Waals surface area contributed by atoms with Gasteiger partial charge in [-0.2, -0.15) is 5.26 Å². The number of hydrogen-bond acceptors (Lipinski definition) is 4. The van der Waals surface area contributed by atoms with Gasteiger partial charge in [-0.25, -0.2) is 9.18 Å². The van der Waals surface area contributed by atoms with Crippen molar-refractivity contribution < 1.29 is 18.8 Å². The van der Waals surface area contributed by atoms with Crippen molar-refractivity contribution in [3.63, 3.8) is 0 Å². The molecule has 2 aromatic carbocycles. The number of carbonyl (C=O) groups excluding carboxylic acids is 3. The lowest BCUT2D eigenvalue weighted by Crippen LogP contribution is -2.43. The van der Waals surface area contributed by atoms with E-state index < -0.39 is 29.9 Å². The van der Waals surface area contributed by atoms with E-state index in [-0.39, 0.29) is 12.4 Å². The summed E-state index contributed by atoms with van der Waals surface area (Å²) in [7, 11) is 1.55. The highest BCUT2D eigenvalue weighted by Gasteiger charge is 2.49. The average Bonchev–Trinajstić information content (AvgIpc) is 2.93. The molecule has 1 aliphatic rings. The minimum absolute atomic E-state index is 0.218. The first-order valence-corrected chi connectivity index (χ1v) is 8.88. The van der Waals surface area contributed by atoms with E-state index in [9.17, 15) is 18.8 Å². The second-order valence-corrected chi connectivity index (χ2v) is 7.01. The van der Waals surface area contributed by atoms with Gasteiger partial charge in [0.2, 0.25) is 5.91 Å². The molecular weight excluding hydrogens is 375 g/mol. The Morgan fingerprint density at radius 1 is 1.17 bits per heavy atom. The Morgan fingerprint density at radius 2 is 1.79 bits per heavy atom. The van der Waals surface area contributed by atoms with E-state index in [4.69, 9.17) is 5.26 Å². The van der Waals surface area contributed by atoms with Crippen molar-refractivity contribution in [3.05, 3.63) is 71.0 Å². The van der Waals surface area contributed by atoms with Crippen LogP contribution in [-0.4, -0.2) is 41.2 Å². The number of amides is 4. The maximum absolute atomic E-state index is 13.0. The van der Waals surface area contributed by atoms with E-state index in [0.717, 1.165) is 10.5 Å². The van der Waals surface area contributed by atoms with Crippen LogP contribution in [0.2, 0.25) is 0 Å². The lowest BCUT2D eigenvalue weighted by atomic mass is 9.91. The van der Waals surface area contributed by atoms with Gasteiger partial charge in [0.1, 0.15) is 17.9 Å². The minimum atomic E-state index is -1.32. The van der Waals surface area contributed by atoms with Gasteiger partial charge in [-0.05, 0) is 42.3 Å². The van der Waals surface area contributed by atoms with Gasteiger partial charge in [-0.15, -0.1) is 0 Å². The van der Waals surface area contributed by atoms with Crippen molar-refractivity contribution in [2.75, 3.05) is 13.6 Å². The molecule has 1 unspecified atom stereocenters. The molecule has 0 bridgehead atoms. The molecule has 1 saturated heterocycles. The van der Waals surface area contributed by atoms with Crippen LogP contribution in [-0.2, 0) is 21.7 Å². The molecule has 0 spiro atoms. The molecule has 2 aromatic rings. The Hall–Kier alpha value is -3.73. The van der Waals surface area contributed by atoms with Gasteiger partial charge in [0.05, 0.1) is 11.6 Å². The predicted octanol–water partition coefficient (Wildman–Crippen LogP) is 2.12. The van der Waals surface area contributed by atoms with Crippen molar-refractivity contribution in [2.45, 2.75) is 19.0 Å². The summed E-state index contributed by atoms with van der Waals surface area (Å²) in [6.45, 7) is 1.37. The van der Waals surface area contributed by atoms with Gasteiger partial charge in [0.15, 0.2) is 0 Å². The molecule has 7 nitrogen and oxygen atoms in total.